The van der Waals surface area contributed by atoms with Crippen LogP contribution in [0.1, 0.15) is 51.2 Å². The molecule has 0 aromatic heterocycles. The van der Waals surface area contributed by atoms with Gasteiger partial charge in [0, 0.05) is 31.5 Å². The van der Waals surface area contributed by atoms with E-state index < -0.39 is 29.2 Å². The number of alkyl halides is 3. The van der Waals surface area contributed by atoms with Crippen LogP contribution >= 0.6 is 0 Å². The zero-order valence-corrected chi connectivity index (χ0v) is 18.0. The Morgan fingerprint density at radius 2 is 1.84 bits per heavy atom. The summed E-state index contributed by atoms with van der Waals surface area (Å²) in [6.45, 7) is 5.88. The lowest BCUT2D eigenvalue weighted by Gasteiger charge is -2.30. The largest absolute Gasteiger partial charge is 0.416 e. The van der Waals surface area contributed by atoms with E-state index in [9.17, 15) is 27.6 Å². The summed E-state index contributed by atoms with van der Waals surface area (Å²) in [5.41, 5.74) is -1.35. The van der Waals surface area contributed by atoms with Gasteiger partial charge in [0.1, 0.15) is 6.04 Å². The molecule has 170 valence electrons. The number of rotatable bonds is 4. The molecule has 2 fully saturated rings. The van der Waals surface area contributed by atoms with E-state index in [1.165, 1.54) is 23.1 Å². The maximum Gasteiger partial charge on any atom is 0.416 e. The van der Waals surface area contributed by atoms with Crippen LogP contribution in [0.2, 0.25) is 0 Å². The fraction of sp³-hybridized carbons (Fsp3) is 0.591. The minimum absolute atomic E-state index is 0.0214. The summed E-state index contributed by atoms with van der Waals surface area (Å²) in [4.78, 5) is 40.8. The number of nitrogens with one attached hydrogen (secondary N) is 1. The van der Waals surface area contributed by atoms with Gasteiger partial charge in [0.2, 0.25) is 17.7 Å². The van der Waals surface area contributed by atoms with Crippen LogP contribution in [0.5, 0.6) is 0 Å². The third kappa shape index (κ3) is 5.19. The first kappa shape index (κ1) is 23.1. The molecule has 1 aromatic rings. The van der Waals surface area contributed by atoms with Gasteiger partial charge in [-0.2, -0.15) is 13.2 Å². The van der Waals surface area contributed by atoms with Crippen molar-refractivity contribution in [2.24, 2.45) is 5.41 Å². The number of hydrogen-bond donors (Lipinski definition) is 1. The first-order chi connectivity index (χ1) is 14.4. The lowest BCUT2D eigenvalue weighted by molar-refractivity contribution is -0.144. The number of carbonyl (C=O) groups is 3. The summed E-state index contributed by atoms with van der Waals surface area (Å²) < 4.78 is 39.7. The van der Waals surface area contributed by atoms with Gasteiger partial charge in [-0.1, -0.05) is 39.0 Å². The van der Waals surface area contributed by atoms with E-state index in [0.717, 1.165) is 12.5 Å². The maximum absolute atomic E-state index is 13.2. The van der Waals surface area contributed by atoms with Gasteiger partial charge in [0.05, 0.1) is 11.6 Å². The van der Waals surface area contributed by atoms with Crippen LogP contribution in [0.3, 0.4) is 0 Å². The summed E-state index contributed by atoms with van der Waals surface area (Å²) in [6.07, 6.45) is -3.20. The van der Waals surface area contributed by atoms with Gasteiger partial charge in [0.15, 0.2) is 0 Å². The normalized spacial score (nSPS) is 22.2. The van der Waals surface area contributed by atoms with E-state index in [1.807, 2.05) is 0 Å². The van der Waals surface area contributed by atoms with Crippen LogP contribution in [-0.4, -0.2) is 52.7 Å². The molecule has 0 radical (unpaired) electrons. The van der Waals surface area contributed by atoms with Gasteiger partial charge in [0.25, 0.3) is 0 Å². The van der Waals surface area contributed by atoms with Gasteiger partial charge in [-0.3, -0.25) is 14.4 Å². The second-order valence-electron chi connectivity index (χ2n) is 9.25. The molecule has 0 aliphatic carbocycles. The molecule has 0 unspecified atom stereocenters. The van der Waals surface area contributed by atoms with Gasteiger partial charge >= 0.3 is 6.18 Å². The number of nitrogens with zero attached hydrogens (tertiary/aromatic N) is 2. The van der Waals surface area contributed by atoms with Crippen LogP contribution in [-0.2, 0) is 27.1 Å². The highest BCUT2D eigenvalue weighted by Crippen LogP contribution is 2.33. The highest BCUT2D eigenvalue weighted by Gasteiger charge is 2.41. The molecule has 31 heavy (non-hydrogen) atoms. The van der Waals surface area contributed by atoms with E-state index in [1.54, 1.807) is 25.7 Å². The van der Waals surface area contributed by atoms with Crippen molar-refractivity contribution in [3.8, 4) is 0 Å². The molecular formula is C22H28F3N3O3. The lowest BCUT2D eigenvalue weighted by Crippen LogP contribution is -2.51. The second kappa shape index (κ2) is 8.51. The molecule has 2 aliphatic rings. The quantitative estimate of drug-likeness (QED) is 0.784. The van der Waals surface area contributed by atoms with E-state index in [-0.39, 0.29) is 42.8 Å². The lowest BCUT2D eigenvalue weighted by atomic mass is 9.94. The maximum atomic E-state index is 13.2. The predicted octanol–water partition coefficient (Wildman–Crippen LogP) is 2.96. The van der Waals surface area contributed by atoms with Gasteiger partial charge in [-0.15, -0.1) is 0 Å². The van der Waals surface area contributed by atoms with E-state index in [0.29, 0.717) is 13.0 Å². The summed E-state index contributed by atoms with van der Waals surface area (Å²) in [5.74, 6) is -0.722. The Labute approximate surface area is 179 Å². The van der Waals surface area contributed by atoms with Crippen LogP contribution in [0, 0.1) is 5.41 Å². The van der Waals surface area contributed by atoms with Crippen LogP contribution in [0.4, 0.5) is 13.2 Å². The van der Waals surface area contributed by atoms with E-state index in [2.05, 4.69) is 5.32 Å². The number of benzene rings is 1. The van der Waals surface area contributed by atoms with Crippen molar-refractivity contribution in [1.29, 1.82) is 0 Å². The first-order valence-electron chi connectivity index (χ1n) is 10.4. The van der Waals surface area contributed by atoms with Crippen LogP contribution in [0.15, 0.2) is 24.3 Å². The van der Waals surface area contributed by atoms with Gasteiger partial charge in [-0.05, 0) is 24.5 Å². The summed E-state index contributed by atoms with van der Waals surface area (Å²) in [5, 5.41) is 2.83. The average Bonchev–Trinajstić information content (AvgIpc) is 3.27. The molecule has 2 atom stereocenters. The average molecular weight is 439 g/mol. The number of hydrogen-bond acceptors (Lipinski definition) is 3. The van der Waals surface area contributed by atoms with Crippen molar-refractivity contribution in [1.82, 2.24) is 15.1 Å². The summed E-state index contributed by atoms with van der Waals surface area (Å²) in [6, 6.07) is 4.10. The predicted molar refractivity (Wildman–Crippen MR) is 108 cm³/mol. The Kier molecular flexibility index (Phi) is 6.34. The molecule has 3 amide bonds. The van der Waals surface area contributed by atoms with Gasteiger partial charge in [-0.25, -0.2) is 0 Å². The van der Waals surface area contributed by atoms with Crippen molar-refractivity contribution in [3.05, 3.63) is 35.4 Å². The molecule has 0 saturated carbocycles. The smallest absolute Gasteiger partial charge is 0.349 e. The molecule has 1 aromatic carbocycles. The minimum Gasteiger partial charge on any atom is -0.349 e. The number of likely N-dealkylation sites (tertiary alicyclic amines) is 2. The first-order valence-corrected chi connectivity index (χ1v) is 10.4. The fourth-order valence-corrected chi connectivity index (χ4v) is 4.17. The molecule has 2 saturated heterocycles. The minimum atomic E-state index is -4.50. The Balaban J connectivity index is 1.64. The zero-order valence-electron chi connectivity index (χ0n) is 18.0. The Bertz CT molecular complexity index is 864. The molecule has 3 rings (SSSR count). The number of halogens is 3. The number of carbonyl (C=O) groups excluding carboxylic acids is 3. The van der Waals surface area contributed by atoms with Crippen molar-refractivity contribution >= 4 is 17.7 Å². The SMILES string of the molecule is CC(C)(C)C(=O)N1CCC[C@H]1C(=O)N[C@@H]1CC(=O)N(Cc2ccccc2C(F)(F)F)C1. The van der Waals surface area contributed by atoms with Crippen molar-refractivity contribution < 1.29 is 27.6 Å². The van der Waals surface area contributed by atoms with Crippen molar-refractivity contribution in [2.45, 2.75) is 64.8 Å². The van der Waals surface area contributed by atoms with Crippen molar-refractivity contribution in [3.63, 3.8) is 0 Å². The monoisotopic (exact) mass is 439 g/mol. The van der Waals surface area contributed by atoms with Crippen LogP contribution in [0.25, 0.3) is 0 Å². The Morgan fingerprint density at radius 1 is 1.16 bits per heavy atom. The highest BCUT2D eigenvalue weighted by atomic mass is 19.4. The molecule has 6 nitrogen and oxygen atoms in total. The molecule has 0 spiro atoms. The fourth-order valence-electron chi connectivity index (χ4n) is 4.17. The molecule has 2 aliphatic heterocycles. The molecule has 1 N–H and O–H groups in total. The molecule has 9 heteroatoms. The molecule has 2 heterocycles. The highest BCUT2D eigenvalue weighted by molar-refractivity contribution is 5.91. The standard InChI is InChI=1S/C22H28F3N3O3/c1-21(2,3)20(31)28-10-6-9-17(28)19(30)26-15-11-18(29)27(13-15)12-14-7-4-5-8-16(14)22(23,24)25/h4-5,7-8,15,17H,6,9-13H2,1-3H3,(H,26,30)/t15-,17+/m1/s1. The third-order valence-electron chi connectivity index (χ3n) is 5.70. The van der Waals surface area contributed by atoms with E-state index in [4.69, 9.17) is 0 Å². The molecular weight excluding hydrogens is 411 g/mol. The van der Waals surface area contributed by atoms with Gasteiger partial charge < -0.3 is 15.1 Å². The third-order valence-corrected chi connectivity index (χ3v) is 5.70. The summed E-state index contributed by atoms with van der Waals surface area (Å²) in [7, 11) is 0. The van der Waals surface area contributed by atoms with E-state index >= 15 is 0 Å². The summed E-state index contributed by atoms with van der Waals surface area (Å²) >= 11 is 0. The Hall–Kier alpha value is -2.58. The number of amides is 3. The Morgan fingerprint density at radius 3 is 2.48 bits per heavy atom. The molecule has 0 bridgehead atoms. The second-order valence-corrected chi connectivity index (χ2v) is 9.25. The topological polar surface area (TPSA) is 69.7 Å². The zero-order chi connectivity index (χ0) is 23.0. The van der Waals surface area contributed by atoms with Crippen molar-refractivity contribution in [2.75, 3.05) is 13.1 Å². The van der Waals surface area contributed by atoms with Crippen LogP contribution < -0.4 is 5.32 Å².